The van der Waals surface area contributed by atoms with E-state index in [2.05, 4.69) is 27.7 Å². The smallest absolute Gasteiger partial charge is 0.00420 e. The summed E-state index contributed by atoms with van der Waals surface area (Å²) >= 11 is 0. The van der Waals surface area contributed by atoms with Crippen LogP contribution < -0.4 is 0 Å². The Morgan fingerprint density at radius 2 is 1.73 bits per heavy atom. The molecule has 0 aliphatic rings. The average Bonchev–Trinajstić information content (AvgIpc) is 1.99. The molecule has 0 amide bonds. The lowest BCUT2D eigenvalue weighted by Gasteiger charge is -2.21. The van der Waals surface area contributed by atoms with E-state index in [9.17, 15) is 0 Å². The quantitative estimate of drug-likeness (QED) is 0.456. The zero-order valence-electron chi connectivity index (χ0n) is 8.14. The molecule has 0 nitrogen and oxygen atoms in total. The van der Waals surface area contributed by atoms with Gasteiger partial charge in [-0.1, -0.05) is 55.7 Å². The molecule has 0 N–H and O–H groups in total. The summed E-state index contributed by atoms with van der Waals surface area (Å²) in [5.74, 6) is 2.54. The summed E-state index contributed by atoms with van der Waals surface area (Å²) < 4.78 is 0. The third-order valence-corrected chi connectivity index (χ3v) is 4.50. The number of rotatable bonds is 6. The van der Waals surface area contributed by atoms with Gasteiger partial charge in [0.1, 0.15) is 0 Å². The second kappa shape index (κ2) is 6.24. The molecule has 0 saturated heterocycles. The Hall–Kier alpha value is 0.700. The van der Waals surface area contributed by atoms with E-state index in [4.69, 9.17) is 0 Å². The molecule has 0 aliphatic heterocycles. The minimum absolute atomic E-state index is 0.557. The summed E-state index contributed by atoms with van der Waals surface area (Å²) in [6.07, 6.45) is 2.64. The first-order valence-corrected chi connectivity index (χ1v) is 6.85. The maximum atomic E-state index is 2.35. The second-order valence-corrected chi connectivity index (χ2v) is 6.37. The molecule has 0 aliphatic carbocycles. The Morgan fingerprint density at radius 1 is 1.09 bits per heavy atom. The van der Waals surface area contributed by atoms with Crippen molar-refractivity contribution in [3.05, 3.63) is 0 Å². The van der Waals surface area contributed by atoms with Gasteiger partial charge in [-0.25, -0.2) is 0 Å². The first kappa shape index (κ1) is 11.7. The van der Waals surface area contributed by atoms with Crippen molar-refractivity contribution in [1.82, 2.24) is 0 Å². The molecule has 0 rings (SSSR count). The Bertz CT molecular complexity index is 89.6. The minimum atomic E-state index is 0.557. The molecule has 0 aromatic rings. The van der Waals surface area contributed by atoms with Crippen LogP contribution in [0, 0.1) is 5.41 Å². The molecule has 0 bridgehead atoms. The van der Waals surface area contributed by atoms with Crippen LogP contribution in [0.4, 0.5) is 0 Å². The molecule has 0 fully saturated rings. The van der Waals surface area contributed by atoms with Crippen molar-refractivity contribution in [2.24, 2.45) is 5.41 Å². The molecule has 0 unspecified atom stereocenters. The van der Waals surface area contributed by atoms with E-state index in [0.717, 1.165) is 0 Å². The van der Waals surface area contributed by atoms with Crippen molar-refractivity contribution in [2.45, 2.75) is 40.5 Å². The normalized spacial score (nSPS) is 12.0. The molecule has 0 aromatic heterocycles. The van der Waals surface area contributed by atoms with Crippen molar-refractivity contribution in [3.8, 4) is 0 Å². The average molecular weight is 192 g/mol. The third-order valence-electron chi connectivity index (χ3n) is 2.02. The van der Waals surface area contributed by atoms with Crippen molar-refractivity contribution in [2.75, 3.05) is 11.5 Å². The molecule has 0 aromatic carbocycles. The van der Waals surface area contributed by atoms with E-state index in [1.165, 1.54) is 24.3 Å². The molecular formula is C9H20S2. The largest absolute Gasteiger partial charge is 0.0944 e. The highest BCUT2D eigenvalue weighted by atomic mass is 33.1. The third kappa shape index (κ3) is 7.07. The SMILES string of the molecule is CCSSCCC(C)(C)CC. The van der Waals surface area contributed by atoms with E-state index < -0.39 is 0 Å². The fourth-order valence-corrected chi connectivity index (χ4v) is 2.66. The predicted octanol–water partition coefficient (Wildman–Crippen LogP) is 4.21. The van der Waals surface area contributed by atoms with Crippen LogP contribution >= 0.6 is 21.6 Å². The Balaban J connectivity index is 3.23. The van der Waals surface area contributed by atoms with Gasteiger partial charge in [0.2, 0.25) is 0 Å². The number of hydrogen-bond donors (Lipinski definition) is 0. The standard InChI is InChI=1S/C9H20S2/c1-5-9(3,4)7-8-11-10-6-2/h5-8H2,1-4H3. The van der Waals surface area contributed by atoms with Crippen LogP contribution in [0.5, 0.6) is 0 Å². The lowest BCUT2D eigenvalue weighted by atomic mass is 9.87. The summed E-state index contributed by atoms with van der Waals surface area (Å²) in [6.45, 7) is 9.19. The molecule has 0 radical (unpaired) electrons. The zero-order chi connectivity index (χ0) is 8.74. The van der Waals surface area contributed by atoms with Gasteiger partial charge >= 0.3 is 0 Å². The van der Waals surface area contributed by atoms with Gasteiger partial charge in [-0.2, -0.15) is 0 Å². The molecule has 68 valence electrons. The summed E-state index contributed by atoms with van der Waals surface area (Å²) in [6, 6.07) is 0. The van der Waals surface area contributed by atoms with Gasteiger partial charge < -0.3 is 0 Å². The van der Waals surface area contributed by atoms with Crippen molar-refractivity contribution in [1.29, 1.82) is 0 Å². The molecule has 0 atom stereocenters. The van der Waals surface area contributed by atoms with Crippen LogP contribution in [-0.2, 0) is 0 Å². The second-order valence-electron chi connectivity index (χ2n) is 3.50. The van der Waals surface area contributed by atoms with Gasteiger partial charge in [-0.15, -0.1) is 0 Å². The van der Waals surface area contributed by atoms with E-state index in [1.54, 1.807) is 0 Å². The van der Waals surface area contributed by atoms with E-state index in [1.807, 2.05) is 21.6 Å². The van der Waals surface area contributed by atoms with Gasteiger partial charge in [0.05, 0.1) is 0 Å². The van der Waals surface area contributed by atoms with Crippen LogP contribution in [0.2, 0.25) is 0 Å². The van der Waals surface area contributed by atoms with Crippen LogP contribution in [0.3, 0.4) is 0 Å². The highest BCUT2D eigenvalue weighted by molar-refractivity contribution is 8.76. The Labute approximate surface area is 79.3 Å². The first-order valence-electron chi connectivity index (χ1n) is 4.37. The Morgan fingerprint density at radius 3 is 2.18 bits per heavy atom. The molecule has 11 heavy (non-hydrogen) atoms. The van der Waals surface area contributed by atoms with E-state index >= 15 is 0 Å². The predicted molar refractivity (Wildman–Crippen MR) is 59.3 cm³/mol. The van der Waals surface area contributed by atoms with Gasteiger partial charge in [-0.05, 0) is 11.8 Å². The number of hydrogen-bond acceptors (Lipinski definition) is 2. The van der Waals surface area contributed by atoms with Gasteiger partial charge in [-0.3, -0.25) is 0 Å². The molecular weight excluding hydrogens is 172 g/mol. The van der Waals surface area contributed by atoms with E-state index in [0.29, 0.717) is 5.41 Å². The maximum Gasteiger partial charge on any atom is 0.00420 e. The van der Waals surface area contributed by atoms with Crippen molar-refractivity contribution >= 4 is 21.6 Å². The van der Waals surface area contributed by atoms with Crippen molar-refractivity contribution < 1.29 is 0 Å². The monoisotopic (exact) mass is 192 g/mol. The lowest BCUT2D eigenvalue weighted by Crippen LogP contribution is -2.09. The molecule has 0 heterocycles. The fraction of sp³-hybridized carbons (Fsp3) is 1.00. The topological polar surface area (TPSA) is 0 Å². The summed E-state index contributed by atoms with van der Waals surface area (Å²) in [5, 5.41) is 0. The fourth-order valence-electron chi connectivity index (χ4n) is 0.637. The van der Waals surface area contributed by atoms with Crippen LogP contribution in [0.15, 0.2) is 0 Å². The van der Waals surface area contributed by atoms with Crippen LogP contribution in [0.25, 0.3) is 0 Å². The van der Waals surface area contributed by atoms with Crippen LogP contribution in [0.1, 0.15) is 40.5 Å². The lowest BCUT2D eigenvalue weighted by molar-refractivity contribution is 0.341. The zero-order valence-corrected chi connectivity index (χ0v) is 9.78. The molecule has 2 heteroatoms. The first-order chi connectivity index (χ1) is 5.12. The highest BCUT2D eigenvalue weighted by Gasteiger charge is 2.13. The van der Waals surface area contributed by atoms with Crippen LogP contribution in [-0.4, -0.2) is 11.5 Å². The summed E-state index contributed by atoms with van der Waals surface area (Å²) in [4.78, 5) is 0. The van der Waals surface area contributed by atoms with Gasteiger partial charge in [0.25, 0.3) is 0 Å². The van der Waals surface area contributed by atoms with Gasteiger partial charge in [0.15, 0.2) is 0 Å². The van der Waals surface area contributed by atoms with Gasteiger partial charge in [0, 0.05) is 11.5 Å². The van der Waals surface area contributed by atoms with Crippen molar-refractivity contribution in [3.63, 3.8) is 0 Å². The molecule has 0 spiro atoms. The minimum Gasteiger partial charge on any atom is -0.0944 e. The summed E-state index contributed by atoms with van der Waals surface area (Å²) in [5.41, 5.74) is 0.557. The Kier molecular flexibility index (Phi) is 6.64. The maximum absolute atomic E-state index is 2.35. The highest BCUT2D eigenvalue weighted by Crippen LogP contribution is 2.30. The van der Waals surface area contributed by atoms with E-state index in [-0.39, 0.29) is 0 Å². The summed E-state index contributed by atoms with van der Waals surface area (Å²) in [7, 11) is 3.99. The molecule has 0 saturated carbocycles.